The molecule has 2 N–H and O–H groups in total. The zero-order valence-corrected chi connectivity index (χ0v) is 15.5. The Morgan fingerprint density at radius 3 is 2.46 bits per heavy atom. The van der Waals surface area contributed by atoms with E-state index in [1.807, 2.05) is 0 Å². The van der Waals surface area contributed by atoms with Gasteiger partial charge >= 0.3 is 0 Å². The van der Waals surface area contributed by atoms with Gasteiger partial charge in [-0.25, -0.2) is 0 Å². The van der Waals surface area contributed by atoms with Crippen molar-refractivity contribution in [2.24, 2.45) is 0 Å². The highest BCUT2D eigenvalue weighted by Gasteiger charge is 2.22. The average molecular weight is 339 g/mol. The molecule has 0 radical (unpaired) electrons. The molecule has 1 aliphatic rings. The summed E-state index contributed by atoms with van der Waals surface area (Å²) >= 11 is 0. The van der Waals surface area contributed by atoms with E-state index in [2.05, 4.69) is 91.8 Å². The third-order valence-corrected chi connectivity index (χ3v) is 6.42. The summed E-state index contributed by atoms with van der Waals surface area (Å²) in [6.07, 6.45) is 0. The Morgan fingerprint density at radius 2 is 1.79 bits per heavy atom. The van der Waals surface area contributed by atoms with Crippen molar-refractivity contribution in [1.29, 1.82) is 0 Å². The predicted octanol–water partition coefficient (Wildman–Crippen LogP) is 4.85. The molecule has 2 aromatic carbocycles. The predicted molar refractivity (Wildman–Crippen MR) is 108 cm³/mol. The first-order valence-corrected chi connectivity index (χ1v) is 9.67. The fourth-order valence-corrected chi connectivity index (χ4v) is 3.71. The lowest BCUT2D eigenvalue weighted by atomic mass is 9.96. The molecule has 0 saturated heterocycles. The zero-order valence-electron chi connectivity index (χ0n) is 14.7. The number of hydrogen-bond donors (Lipinski definition) is 2. The van der Waals surface area contributed by atoms with Gasteiger partial charge in [0.05, 0.1) is 6.04 Å². The van der Waals surface area contributed by atoms with Crippen molar-refractivity contribution in [3.8, 4) is 0 Å². The van der Waals surface area contributed by atoms with Crippen molar-refractivity contribution in [1.82, 2.24) is 10.0 Å². The van der Waals surface area contributed by atoms with Crippen LogP contribution in [0.2, 0.25) is 0 Å². The summed E-state index contributed by atoms with van der Waals surface area (Å²) < 4.78 is 3.88. The second kappa shape index (κ2) is 6.58. The van der Waals surface area contributed by atoms with Gasteiger partial charge in [-0.3, -0.25) is 4.72 Å². The SMILES string of the molecule is C=C1NCc2ccc(C(NS(=C)C(C)(C)C)c3ccccc3)cc21. The van der Waals surface area contributed by atoms with E-state index >= 15 is 0 Å². The van der Waals surface area contributed by atoms with Crippen LogP contribution in [-0.2, 0) is 6.54 Å². The van der Waals surface area contributed by atoms with E-state index in [-0.39, 0.29) is 21.5 Å². The van der Waals surface area contributed by atoms with Gasteiger partial charge in [-0.2, -0.15) is 0 Å². The molecule has 0 bridgehead atoms. The molecule has 0 aliphatic carbocycles. The zero-order chi connectivity index (χ0) is 17.3. The maximum absolute atomic E-state index is 4.37. The number of rotatable bonds is 4. The van der Waals surface area contributed by atoms with Crippen LogP contribution in [0.25, 0.3) is 5.70 Å². The molecule has 2 atom stereocenters. The highest BCUT2D eigenvalue weighted by molar-refractivity contribution is 8.13. The molecular formula is C21H26N2S. The van der Waals surface area contributed by atoms with Gasteiger partial charge in [0.1, 0.15) is 0 Å². The molecule has 0 aromatic heterocycles. The molecule has 0 fully saturated rings. The Kier molecular flexibility index (Phi) is 4.66. The van der Waals surface area contributed by atoms with Crippen molar-refractivity contribution < 1.29 is 0 Å². The van der Waals surface area contributed by atoms with Gasteiger partial charge in [0.15, 0.2) is 0 Å². The highest BCUT2D eigenvalue weighted by atomic mass is 32.2. The molecule has 1 aliphatic heterocycles. The quantitative estimate of drug-likeness (QED) is 0.778. The van der Waals surface area contributed by atoms with Gasteiger partial charge < -0.3 is 5.32 Å². The summed E-state index contributed by atoms with van der Waals surface area (Å²) in [6.45, 7) is 11.7. The van der Waals surface area contributed by atoms with Crippen LogP contribution in [0, 0.1) is 0 Å². The van der Waals surface area contributed by atoms with Crippen LogP contribution in [0.1, 0.15) is 49.1 Å². The molecule has 3 rings (SSSR count). The van der Waals surface area contributed by atoms with E-state index < -0.39 is 0 Å². The maximum Gasteiger partial charge on any atom is 0.0667 e. The van der Waals surface area contributed by atoms with Gasteiger partial charge in [-0.15, -0.1) is 10.7 Å². The first-order valence-electron chi connectivity index (χ1n) is 8.27. The third kappa shape index (κ3) is 3.47. The lowest BCUT2D eigenvalue weighted by molar-refractivity contribution is 0.750. The molecule has 126 valence electrons. The van der Waals surface area contributed by atoms with Gasteiger partial charge in [0.2, 0.25) is 0 Å². The second-order valence-electron chi connectivity index (χ2n) is 7.21. The van der Waals surface area contributed by atoms with E-state index in [9.17, 15) is 0 Å². The summed E-state index contributed by atoms with van der Waals surface area (Å²) in [5, 5.41) is 3.33. The average Bonchev–Trinajstić information content (AvgIpc) is 2.93. The molecule has 24 heavy (non-hydrogen) atoms. The largest absolute Gasteiger partial charge is 0.381 e. The minimum Gasteiger partial charge on any atom is -0.381 e. The lowest BCUT2D eigenvalue weighted by Gasteiger charge is -2.29. The van der Waals surface area contributed by atoms with Crippen LogP contribution in [0.15, 0.2) is 55.1 Å². The minimum atomic E-state index is -0.163. The highest BCUT2D eigenvalue weighted by Crippen LogP contribution is 2.34. The van der Waals surface area contributed by atoms with Crippen molar-refractivity contribution in [3.05, 3.63) is 77.4 Å². The molecule has 2 nitrogen and oxygen atoms in total. The van der Waals surface area contributed by atoms with Crippen molar-refractivity contribution in [2.75, 3.05) is 0 Å². The Hall–Kier alpha value is -1.84. The summed E-state index contributed by atoms with van der Waals surface area (Å²) in [5.41, 5.74) is 6.09. The van der Waals surface area contributed by atoms with E-state index in [1.165, 1.54) is 22.3 Å². The van der Waals surface area contributed by atoms with Crippen LogP contribution >= 0.6 is 10.7 Å². The Morgan fingerprint density at radius 1 is 1.08 bits per heavy atom. The van der Waals surface area contributed by atoms with E-state index in [4.69, 9.17) is 0 Å². The van der Waals surface area contributed by atoms with Crippen molar-refractivity contribution >= 4 is 22.2 Å². The molecular weight excluding hydrogens is 312 g/mol. The Labute approximate surface area is 148 Å². The summed E-state index contributed by atoms with van der Waals surface area (Å²) in [6, 6.07) is 17.4. The second-order valence-corrected chi connectivity index (χ2v) is 9.46. The minimum absolute atomic E-state index is 0.120. The lowest BCUT2D eigenvalue weighted by Crippen LogP contribution is -2.25. The number of nitrogens with one attached hydrogen (secondary N) is 2. The van der Waals surface area contributed by atoms with E-state index in [0.717, 1.165) is 12.2 Å². The number of benzene rings is 2. The summed E-state index contributed by atoms with van der Waals surface area (Å²) in [4.78, 5) is 0. The molecule has 1 heterocycles. The Bertz CT molecular complexity index is 772. The van der Waals surface area contributed by atoms with Crippen LogP contribution in [0.5, 0.6) is 0 Å². The molecule has 2 unspecified atom stereocenters. The van der Waals surface area contributed by atoms with Crippen LogP contribution in [-0.4, -0.2) is 10.6 Å². The molecule has 2 aromatic rings. The summed E-state index contributed by atoms with van der Waals surface area (Å²) in [5.74, 6) is 4.37. The van der Waals surface area contributed by atoms with Gasteiger partial charge in [0, 0.05) is 22.6 Å². The molecule has 0 amide bonds. The van der Waals surface area contributed by atoms with E-state index in [0.29, 0.717) is 0 Å². The van der Waals surface area contributed by atoms with Crippen molar-refractivity contribution in [2.45, 2.75) is 38.1 Å². The van der Waals surface area contributed by atoms with Gasteiger partial charge in [-0.1, -0.05) is 75.7 Å². The smallest absolute Gasteiger partial charge is 0.0667 e. The van der Waals surface area contributed by atoms with Crippen LogP contribution < -0.4 is 10.0 Å². The molecule has 3 heteroatoms. The van der Waals surface area contributed by atoms with Crippen molar-refractivity contribution in [3.63, 3.8) is 0 Å². The first-order chi connectivity index (χ1) is 11.4. The molecule has 0 saturated carbocycles. The third-order valence-electron chi connectivity index (χ3n) is 4.42. The standard InChI is InChI=1S/C21H26N2S/c1-15-19-13-17(11-12-18(19)14-22-15)20(16-9-7-6-8-10-16)23-24(5)21(2,3)4/h6-13,20,22-23H,1,5,14H2,2-4H3. The summed E-state index contributed by atoms with van der Waals surface area (Å²) in [7, 11) is -0.163. The fourth-order valence-electron chi connectivity index (χ4n) is 2.80. The van der Waals surface area contributed by atoms with Gasteiger partial charge in [-0.05, 0) is 22.8 Å². The first kappa shape index (κ1) is 17.0. The normalized spacial score (nSPS) is 16.4. The number of hydrogen-bond acceptors (Lipinski definition) is 2. The molecule has 0 spiro atoms. The fraction of sp³-hybridized carbons (Fsp3) is 0.286. The van der Waals surface area contributed by atoms with E-state index in [1.54, 1.807) is 0 Å². The van der Waals surface area contributed by atoms with Gasteiger partial charge in [0.25, 0.3) is 0 Å². The maximum atomic E-state index is 4.37. The topological polar surface area (TPSA) is 24.1 Å². The number of fused-ring (bicyclic) bond motifs is 1. The van der Waals surface area contributed by atoms with Crippen LogP contribution in [0.3, 0.4) is 0 Å². The monoisotopic (exact) mass is 338 g/mol. The Balaban J connectivity index is 2.01. The van der Waals surface area contributed by atoms with Crippen LogP contribution in [0.4, 0.5) is 0 Å².